The Morgan fingerprint density at radius 2 is 2.09 bits per heavy atom. The number of rotatable bonds is 7. The third-order valence-corrected chi connectivity index (χ3v) is 5.33. The topological polar surface area (TPSA) is 115 Å². The largest absolute Gasteiger partial charge is 0.362 e. The van der Waals surface area contributed by atoms with Crippen LogP contribution in [0.25, 0.3) is 0 Å². The summed E-state index contributed by atoms with van der Waals surface area (Å²) in [4.78, 5) is 4.23. The Kier molecular flexibility index (Phi) is 5.32. The van der Waals surface area contributed by atoms with Crippen LogP contribution >= 0.6 is 11.8 Å². The summed E-state index contributed by atoms with van der Waals surface area (Å²) in [6.07, 6.45) is 0. The Bertz CT molecular complexity index is 781. The molecule has 11 heteroatoms. The van der Waals surface area contributed by atoms with Crippen LogP contribution in [0.5, 0.6) is 0 Å². The van der Waals surface area contributed by atoms with E-state index in [4.69, 9.17) is 4.74 Å². The number of methoxy groups -OCH3 is 1. The SMILES string of the molecule is COCn1nc(C)c(S(=O)(=O)Nc2nc(SC(C)C)n[nH]2)c1C. The van der Waals surface area contributed by atoms with Crippen LogP contribution in [0.3, 0.4) is 0 Å². The number of hydrogen-bond donors (Lipinski definition) is 2. The third kappa shape index (κ3) is 4.03. The number of nitrogens with zero attached hydrogens (tertiary/aromatic N) is 4. The van der Waals surface area contributed by atoms with Crippen LogP contribution in [0, 0.1) is 13.8 Å². The molecule has 23 heavy (non-hydrogen) atoms. The molecular formula is C12H20N6O3S2. The van der Waals surface area contributed by atoms with Crippen LogP contribution in [-0.2, 0) is 21.5 Å². The van der Waals surface area contributed by atoms with E-state index in [1.54, 1.807) is 13.8 Å². The molecule has 2 N–H and O–H groups in total. The van der Waals surface area contributed by atoms with Crippen LogP contribution in [-0.4, -0.2) is 45.7 Å². The summed E-state index contributed by atoms with van der Waals surface area (Å²) in [7, 11) is -2.30. The van der Waals surface area contributed by atoms with Gasteiger partial charge in [0.1, 0.15) is 11.6 Å². The van der Waals surface area contributed by atoms with Gasteiger partial charge in [0.2, 0.25) is 11.1 Å². The highest BCUT2D eigenvalue weighted by atomic mass is 32.2. The molecule has 0 aliphatic rings. The number of sulfonamides is 1. The number of nitrogens with one attached hydrogen (secondary N) is 2. The molecule has 2 aromatic rings. The van der Waals surface area contributed by atoms with Crippen molar-refractivity contribution in [3.05, 3.63) is 11.4 Å². The molecule has 0 aromatic carbocycles. The van der Waals surface area contributed by atoms with E-state index in [2.05, 4.69) is 25.0 Å². The third-order valence-electron chi connectivity index (χ3n) is 2.87. The molecule has 2 rings (SSSR count). The summed E-state index contributed by atoms with van der Waals surface area (Å²) < 4.78 is 34.1. The normalized spacial score (nSPS) is 12.1. The minimum Gasteiger partial charge on any atom is -0.362 e. The molecule has 0 saturated carbocycles. The van der Waals surface area contributed by atoms with Gasteiger partial charge in [0.05, 0.1) is 11.4 Å². The van der Waals surface area contributed by atoms with E-state index in [-0.39, 0.29) is 17.6 Å². The molecule has 0 fully saturated rings. The number of H-pyrrole nitrogens is 1. The lowest BCUT2D eigenvalue weighted by Gasteiger charge is -2.06. The molecule has 0 bridgehead atoms. The zero-order chi connectivity index (χ0) is 17.2. The molecular weight excluding hydrogens is 340 g/mol. The number of hydrogen-bond acceptors (Lipinski definition) is 7. The summed E-state index contributed by atoms with van der Waals surface area (Å²) in [5.74, 6) is 0.0754. The minimum atomic E-state index is -3.82. The molecule has 2 heterocycles. The van der Waals surface area contributed by atoms with Gasteiger partial charge in [0.25, 0.3) is 10.0 Å². The van der Waals surface area contributed by atoms with Crippen molar-refractivity contribution in [3.63, 3.8) is 0 Å². The molecule has 0 saturated heterocycles. The van der Waals surface area contributed by atoms with E-state index in [0.717, 1.165) is 0 Å². The molecule has 0 aliphatic heterocycles. The lowest BCUT2D eigenvalue weighted by molar-refractivity contribution is 0.118. The van der Waals surface area contributed by atoms with Gasteiger partial charge in [-0.3, -0.25) is 0 Å². The number of thioether (sulfide) groups is 1. The standard InChI is InChI=1S/C12H20N6O3S2/c1-7(2)22-12-13-11(14-15-12)17-23(19,20)10-8(3)16-18(6-21-5)9(10)4/h7H,6H2,1-5H3,(H2,13,14,15,17). The summed E-state index contributed by atoms with van der Waals surface area (Å²) in [5.41, 5.74) is 0.886. The molecule has 0 spiro atoms. The maximum atomic E-state index is 12.6. The molecule has 2 aromatic heterocycles. The van der Waals surface area contributed by atoms with Gasteiger partial charge in [-0.1, -0.05) is 25.6 Å². The lowest BCUT2D eigenvalue weighted by atomic mass is 10.4. The fourth-order valence-electron chi connectivity index (χ4n) is 2.05. The maximum absolute atomic E-state index is 12.6. The Balaban J connectivity index is 2.27. The molecule has 9 nitrogen and oxygen atoms in total. The van der Waals surface area contributed by atoms with E-state index in [1.165, 1.54) is 23.6 Å². The van der Waals surface area contributed by atoms with E-state index < -0.39 is 10.0 Å². The van der Waals surface area contributed by atoms with Crippen LogP contribution in [0.4, 0.5) is 5.95 Å². The highest BCUT2D eigenvalue weighted by molar-refractivity contribution is 7.99. The summed E-state index contributed by atoms with van der Waals surface area (Å²) in [5, 5.41) is 11.5. The number of aromatic nitrogens is 5. The number of ether oxygens (including phenoxy) is 1. The average Bonchev–Trinajstić information content (AvgIpc) is 2.94. The smallest absolute Gasteiger partial charge is 0.267 e. The van der Waals surface area contributed by atoms with Gasteiger partial charge in [-0.2, -0.15) is 10.1 Å². The molecule has 0 atom stereocenters. The van der Waals surface area contributed by atoms with E-state index >= 15 is 0 Å². The van der Waals surface area contributed by atoms with Crippen molar-refractivity contribution in [1.82, 2.24) is 25.0 Å². The van der Waals surface area contributed by atoms with Crippen LogP contribution in [0.2, 0.25) is 0 Å². The molecule has 0 aliphatic carbocycles. The van der Waals surface area contributed by atoms with Gasteiger partial charge < -0.3 is 4.74 Å². The number of anilines is 1. The van der Waals surface area contributed by atoms with Gasteiger partial charge in [0.15, 0.2) is 0 Å². The first kappa shape index (κ1) is 17.8. The number of aromatic amines is 1. The average molecular weight is 360 g/mol. The van der Waals surface area contributed by atoms with Gasteiger partial charge in [0, 0.05) is 12.4 Å². The zero-order valence-corrected chi connectivity index (χ0v) is 15.2. The van der Waals surface area contributed by atoms with Crippen LogP contribution < -0.4 is 4.72 Å². The first-order valence-corrected chi connectivity index (χ1v) is 9.25. The Hall–Kier alpha value is -1.59. The van der Waals surface area contributed by atoms with E-state index in [0.29, 0.717) is 21.8 Å². The van der Waals surface area contributed by atoms with Crippen molar-refractivity contribution in [2.45, 2.75) is 49.7 Å². The predicted octanol–water partition coefficient (Wildman–Crippen LogP) is 1.52. The first-order valence-electron chi connectivity index (χ1n) is 6.89. The van der Waals surface area contributed by atoms with Crippen molar-refractivity contribution in [3.8, 4) is 0 Å². The van der Waals surface area contributed by atoms with Crippen LogP contribution in [0.15, 0.2) is 10.1 Å². The fraction of sp³-hybridized carbons (Fsp3) is 0.583. The highest BCUT2D eigenvalue weighted by Gasteiger charge is 2.26. The predicted molar refractivity (Wildman–Crippen MR) is 86.9 cm³/mol. The summed E-state index contributed by atoms with van der Waals surface area (Å²) in [6, 6.07) is 0. The Labute approximate surface area is 139 Å². The van der Waals surface area contributed by atoms with Gasteiger partial charge in [-0.05, 0) is 13.8 Å². The molecule has 128 valence electrons. The lowest BCUT2D eigenvalue weighted by Crippen LogP contribution is -2.16. The van der Waals surface area contributed by atoms with Gasteiger partial charge in [-0.25, -0.2) is 22.9 Å². The monoisotopic (exact) mass is 360 g/mol. The first-order chi connectivity index (χ1) is 10.7. The number of aryl methyl sites for hydroxylation is 1. The van der Waals surface area contributed by atoms with E-state index in [1.807, 2.05) is 13.8 Å². The van der Waals surface area contributed by atoms with E-state index in [9.17, 15) is 8.42 Å². The second-order valence-electron chi connectivity index (χ2n) is 5.16. The Morgan fingerprint density at radius 3 is 2.70 bits per heavy atom. The van der Waals surface area contributed by atoms with Crippen molar-refractivity contribution < 1.29 is 13.2 Å². The molecule has 0 amide bonds. The Morgan fingerprint density at radius 1 is 1.39 bits per heavy atom. The van der Waals surface area contributed by atoms with Gasteiger partial charge >= 0.3 is 0 Å². The molecule has 0 unspecified atom stereocenters. The second-order valence-corrected chi connectivity index (χ2v) is 8.32. The fourth-order valence-corrected chi connectivity index (χ4v) is 4.09. The summed E-state index contributed by atoms with van der Waals surface area (Å²) in [6.45, 7) is 7.49. The maximum Gasteiger partial charge on any atom is 0.267 e. The minimum absolute atomic E-state index is 0.0754. The highest BCUT2D eigenvalue weighted by Crippen LogP contribution is 2.23. The second kappa shape index (κ2) is 6.89. The van der Waals surface area contributed by atoms with Crippen molar-refractivity contribution in [2.24, 2.45) is 0 Å². The quantitative estimate of drug-likeness (QED) is 0.719. The molecule has 0 radical (unpaired) electrons. The summed E-state index contributed by atoms with van der Waals surface area (Å²) >= 11 is 1.44. The van der Waals surface area contributed by atoms with Crippen molar-refractivity contribution >= 4 is 27.7 Å². The van der Waals surface area contributed by atoms with Crippen molar-refractivity contribution in [1.29, 1.82) is 0 Å². The van der Waals surface area contributed by atoms with Crippen molar-refractivity contribution in [2.75, 3.05) is 11.8 Å². The van der Waals surface area contributed by atoms with Gasteiger partial charge in [-0.15, -0.1) is 5.10 Å². The zero-order valence-electron chi connectivity index (χ0n) is 13.6. The van der Waals surface area contributed by atoms with Crippen LogP contribution in [0.1, 0.15) is 25.2 Å².